The van der Waals surface area contributed by atoms with Gasteiger partial charge in [0.05, 0.1) is 11.0 Å². The first-order valence-corrected chi connectivity index (χ1v) is 28.1. The second kappa shape index (κ2) is 19.6. The van der Waals surface area contributed by atoms with E-state index in [0.717, 1.165) is 39.4 Å². The lowest BCUT2D eigenvalue weighted by molar-refractivity contribution is 0.660. The molecule has 14 aromatic rings. The summed E-state index contributed by atoms with van der Waals surface area (Å²) in [6.07, 6.45) is 0. The van der Waals surface area contributed by atoms with Crippen LogP contribution < -0.4 is 4.90 Å². The standard InChI is InChI=1S/C79H56N2/c1-79(2)74-29-17-15-27-69(74)70-45-43-66(52-75(70)79)80(64-39-33-56(34-40-64)53-19-7-3-8-20-53)65-41-35-57(36-42-65)61-38-46-77-73(51-61)71-28-16-18-30-76(71)81(77)67-48-62(55-23-11-5-12-24-55)47-63(49-67)78-68(58-25-13-6-14-26-58)44-37-59-31-32-60(50-72(59)78)54-21-9-4-10-22-54/h3-52H,1-2H3. The molecule has 0 fully saturated rings. The maximum Gasteiger partial charge on any atom is 0.0541 e. The highest BCUT2D eigenvalue weighted by molar-refractivity contribution is 6.11. The van der Waals surface area contributed by atoms with E-state index >= 15 is 0 Å². The number of nitrogens with zero attached hydrogens (tertiary/aromatic N) is 2. The lowest BCUT2D eigenvalue weighted by atomic mass is 9.82. The molecule has 0 saturated heterocycles. The Morgan fingerprint density at radius 2 is 0.728 bits per heavy atom. The predicted molar refractivity (Wildman–Crippen MR) is 343 cm³/mol. The summed E-state index contributed by atoms with van der Waals surface area (Å²) >= 11 is 0. The third kappa shape index (κ3) is 8.35. The summed E-state index contributed by atoms with van der Waals surface area (Å²) in [5.74, 6) is 0. The number of anilines is 3. The van der Waals surface area contributed by atoms with Gasteiger partial charge in [-0.1, -0.05) is 238 Å². The molecule has 0 amide bonds. The van der Waals surface area contributed by atoms with Gasteiger partial charge in [0.25, 0.3) is 0 Å². The average molecular weight is 1030 g/mol. The van der Waals surface area contributed by atoms with Gasteiger partial charge in [-0.2, -0.15) is 0 Å². The van der Waals surface area contributed by atoms with Crippen molar-refractivity contribution in [2.24, 2.45) is 0 Å². The summed E-state index contributed by atoms with van der Waals surface area (Å²) in [5.41, 5.74) is 26.3. The van der Waals surface area contributed by atoms with Crippen molar-refractivity contribution >= 4 is 49.6 Å². The van der Waals surface area contributed by atoms with E-state index in [1.54, 1.807) is 0 Å². The van der Waals surface area contributed by atoms with Crippen LogP contribution >= 0.6 is 0 Å². The first-order valence-electron chi connectivity index (χ1n) is 28.1. The minimum Gasteiger partial charge on any atom is -0.310 e. The fourth-order valence-corrected chi connectivity index (χ4v) is 12.9. The summed E-state index contributed by atoms with van der Waals surface area (Å²) < 4.78 is 2.48. The minimum atomic E-state index is -0.126. The zero-order valence-electron chi connectivity index (χ0n) is 45.3. The fraction of sp³-hybridized carbons (Fsp3) is 0.0380. The van der Waals surface area contributed by atoms with Gasteiger partial charge in [0, 0.05) is 38.9 Å². The SMILES string of the molecule is CC1(C)c2ccccc2-c2ccc(N(c3ccc(-c4ccccc4)cc3)c3ccc(-c4ccc5c(c4)c4ccccc4n5-c4cc(-c5ccccc5)cc(-c5c(-c6ccccc6)ccc6ccc(-c7ccccc7)cc56)c4)cc3)cc21. The Bertz CT molecular complexity index is 4660. The van der Waals surface area contributed by atoms with E-state index in [2.05, 4.69) is 327 Å². The molecule has 13 aromatic carbocycles. The van der Waals surface area contributed by atoms with Crippen LogP contribution in [-0.4, -0.2) is 4.57 Å². The molecule has 1 aliphatic rings. The fourth-order valence-electron chi connectivity index (χ4n) is 12.9. The van der Waals surface area contributed by atoms with Crippen molar-refractivity contribution in [3.8, 4) is 83.6 Å². The highest BCUT2D eigenvalue weighted by atomic mass is 15.1. The zero-order chi connectivity index (χ0) is 54.0. The van der Waals surface area contributed by atoms with Crippen molar-refractivity contribution in [1.29, 1.82) is 0 Å². The van der Waals surface area contributed by atoms with Crippen LogP contribution in [0.1, 0.15) is 25.0 Å². The molecule has 0 N–H and O–H groups in total. The number of aromatic nitrogens is 1. The first kappa shape index (κ1) is 47.9. The van der Waals surface area contributed by atoms with Gasteiger partial charge >= 0.3 is 0 Å². The molecule has 15 rings (SSSR count). The summed E-state index contributed by atoms with van der Waals surface area (Å²) in [6.45, 7) is 4.72. The van der Waals surface area contributed by atoms with Gasteiger partial charge < -0.3 is 9.47 Å². The average Bonchev–Trinajstić information content (AvgIpc) is 4.16. The number of fused-ring (bicyclic) bond motifs is 7. The van der Waals surface area contributed by atoms with E-state index in [-0.39, 0.29) is 5.41 Å². The molecule has 0 aliphatic heterocycles. The molecular formula is C79H56N2. The van der Waals surface area contributed by atoms with Crippen LogP contribution in [0.15, 0.2) is 303 Å². The lowest BCUT2D eigenvalue weighted by Crippen LogP contribution is -2.16. The van der Waals surface area contributed by atoms with Gasteiger partial charge in [-0.05, 0) is 179 Å². The van der Waals surface area contributed by atoms with Crippen LogP contribution in [0.2, 0.25) is 0 Å². The molecule has 1 heterocycles. The van der Waals surface area contributed by atoms with Crippen molar-refractivity contribution < 1.29 is 0 Å². The van der Waals surface area contributed by atoms with E-state index in [0.29, 0.717) is 0 Å². The third-order valence-corrected chi connectivity index (χ3v) is 17.0. The van der Waals surface area contributed by atoms with E-state index in [1.807, 2.05) is 0 Å². The molecule has 81 heavy (non-hydrogen) atoms. The molecular weight excluding hydrogens is 977 g/mol. The highest BCUT2D eigenvalue weighted by Crippen LogP contribution is 2.51. The van der Waals surface area contributed by atoms with E-state index in [9.17, 15) is 0 Å². The maximum absolute atomic E-state index is 2.48. The predicted octanol–water partition coefficient (Wildman–Crippen LogP) is 21.7. The van der Waals surface area contributed by atoms with Crippen molar-refractivity contribution in [1.82, 2.24) is 4.57 Å². The molecule has 1 aliphatic carbocycles. The Morgan fingerprint density at radius 3 is 1.41 bits per heavy atom. The Kier molecular flexibility index (Phi) is 11.6. The van der Waals surface area contributed by atoms with Crippen LogP contribution in [0.4, 0.5) is 17.1 Å². The quantitative estimate of drug-likeness (QED) is 0.133. The van der Waals surface area contributed by atoms with E-state index in [1.165, 1.54) is 105 Å². The Balaban J connectivity index is 0.861. The molecule has 0 atom stereocenters. The number of rotatable bonds is 10. The van der Waals surface area contributed by atoms with Crippen molar-refractivity contribution in [2.75, 3.05) is 4.90 Å². The van der Waals surface area contributed by atoms with Crippen molar-refractivity contribution in [3.63, 3.8) is 0 Å². The monoisotopic (exact) mass is 1030 g/mol. The molecule has 0 unspecified atom stereocenters. The van der Waals surface area contributed by atoms with Crippen molar-refractivity contribution in [2.45, 2.75) is 19.3 Å². The second-order valence-electron chi connectivity index (χ2n) is 22.1. The molecule has 2 heteroatoms. The molecule has 1 aromatic heterocycles. The van der Waals surface area contributed by atoms with Gasteiger partial charge in [0.1, 0.15) is 0 Å². The third-order valence-electron chi connectivity index (χ3n) is 17.0. The Labute approximate surface area is 473 Å². The molecule has 0 saturated carbocycles. The number of benzene rings is 13. The summed E-state index contributed by atoms with van der Waals surface area (Å²) in [4.78, 5) is 2.41. The van der Waals surface area contributed by atoms with Crippen molar-refractivity contribution in [3.05, 3.63) is 314 Å². The smallest absolute Gasteiger partial charge is 0.0541 e. The normalized spacial score (nSPS) is 12.4. The van der Waals surface area contributed by atoms with Crippen LogP contribution in [0.3, 0.4) is 0 Å². The van der Waals surface area contributed by atoms with E-state index < -0.39 is 0 Å². The second-order valence-corrected chi connectivity index (χ2v) is 22.1. The molecule has 0 radical (unpaired) electrons. The van der Waals surface area contributed by atoms with Gasteiger partial charge in [0.15, 0.2) is 0 Å². The van der Waals surface area contributed by atoms with Crippen LogP contribution in [0.5, 0.6) is 0 Å². The first-order chi connectivity index (χ1) is 39.9. The maximum atomic E-state index is 2.48. The summed E-state index contributed by atoms with van der Waals surface area (Å²) in [5, 5.41) is 4.85. The van der Waals surface area contributed by atoms with Gasteiger partial charge in [0.2, 0.25) is 0 Å². The number of hydrogen-bond acceptors (Lipinski definition) is 1. The Morgan fingerprint density at radius 1 is 0.272 bits per heavy atom. The van der Waals surface area contributed by atoms with Gasteiger partial charge in [-0.25, -0.2) is 0 Å². The Hall–Kier alpha value is -10.3. The lowest BCUT2D eigenvalue weighted by Gasteiger charge is -2.28. The minimum absolute atomic E-state index is 0.126. The highest BCUT2D eigenvalue weighted by Gasteiger charge is 2.36. The zero-order valence-corrected chi connectivity index (χ0v) is 45.3. The molecule has 0 bridgehead atoms. The topological polar surface area (TPSA) is 8.17 Å². The number of para-hydroxylation sites is 1. The molecule has 2 nitrogen and oxygen atoms in total. The molecule has 0 spiro atoms. The van der Waals surface area contributed by atoms with Gasteiger partial charge in [-0.15, -0.1) is 0 Å². The van der Waals surface area contributed by atoms with Gasteiger partial charge in [-0.3, -0.25) is 0 Å². The van der Waals surface area contributed by atoms with Crippen LogP contribution in [-0.2, 0) is 5.41 Å². The largest absolute Gasteiger partial charge is 0.310 e. The summed E-state index contributed by atoms with van der Waals surface area (Å²) in [7, 11) is 0. The van der Waals surface area contributed by atoms with Crippen LogP contribution in [0, 0.1) is 0 Å². The summed E-state index contributed by atoms with van der Waals surface area (Å²) in [6, 6.07) is 112. The number of hydrogen-bond donors (Lipinski definition) is 0. The molecule has 382 valence electrons. The van der Waals surface area contributed by atoms with Crippen LogP contribution in [0.25, 0.3) is 116 Å². The van der Waals surface area contributed by atoms with E-state index in [4.69, 9.17) is 0 Å².